The molecular formula is C23H24N2O3. The van der Waals surface area contributed by atoms with Gasteiger partial charge in [-0.2, -0.15) is 0 Å². The van der Waals surface area contributed by atoms with Gasteiger partial charge in [-0.15, -0.1) is 0 Å². The highest BCUT2D eigenvalue weighted by Crippen LogP contribution is 2.11. The molecule has 1 atom stereocenters. The van der Waals surface area contributed by atoms with Crippen molar-refractivity contribution in [3.63, 3.8) is 0 Å². The minimum atomic E-state index is -0.336. The smallest absolute Gasteiger partial charge is 0.267 e. The maximum Gasteiger partial charge on any atom is 0.267 e. The van der Waals surface area contributed by atoms with Crippen LogP contribution < -0.4 is 10.6 Å². The van der Waals surface area contributed by atoms with Gasteiger partial charge in [0.1, 0.15) is 5.70 Å². The van der Waals surface area contributed by atoms with E-state index in [1.807, 2.05) is 42.5 Å². The molecule has 2 N–H and O–H groups in total. The number of hydrogen-bond acceptors (Lipinski definition) is 3. The first-order valence-corrected chi connectivity index (χ1v) is 9.42. The minimum Gasteiger partial charge on any atom is -0.376 e. The molecule has 2 aromatic rings. The molecule has 0 aromatic heterocycles. The lowest BCUT2D eigenvalue weighted by atomic mass is 10.2. The van der Waals surface area contributed by atoms with Crippen molar-refractivity contribution in [2.45, 2.75) is 18.9 Å². The molecule has 1 saturated heterocycles. The highest BCUT2D eigenvalue weighted by Gasteiger charge is 2.18. The molecule has 0 saturated carbocycles. The lowest BCUT2D eigenvalue weighted by molar-refractivity contribution is -0.118. The number of allylic oxidation sites excluding steroid dienone is 2. The van der Waals surface area contributed by atoms with Gasteiger partial charge in [0, 0.05) is 18.7 Å². The van der Waals surface area contributed by atoms with Crippen LogP contribution in [-0.4, -0.2) is 31.1 Å². The number of ether oxygens (including phenoxy) is 1. The van der Waals surface area contributed by atoms with E-state index in [1.54, 1.807) is 36.4 Å². The predicted molar refractivity (Wildman–Crippen MR) is 109 cm³/mol. The third-order valence-electron chi connectivity index (χ3n) is 4.39. The van der Waals surface area contributed by atoms with Crippen LogP contribution in [-0.2, 0) is 9.53 Å². The summed E-state index contributed by atoms with van der Waals surface area (Å²) in [5.41, 5.74) is 1.69. The minimum absolute atomic E-state index is 0.0369. The van der Waals surface area contributed by atoms with Crippen LogP contribution >= 0.6 is 0 Å². The average molecular weight is 376 g/mol. The Kier molecular flexibility index (Phi) is 7.15. The normalized spacial score (nSPS) is 16.9. The second-order valence-corrected chi connectivity index (χ2v) is 6.52. The molecule has 0 radical (unpaired) electrons. The van der Waals surface area contributed by atoms with Crippen LogP contribution in [0.1, 0.15) is 28.8 Å². The van der Waals surface area contributed by atoms with Crippen LogP contribution in [0.25, 0.3) is 6.08 Å². The summed E-state index contributed by atoms with van der Waals surface area (Å²) in [6.07, 6.45) is 7.22. The molecule has 5 heteroatoms. The van der Waals surface area contributed by atoms with E-state index in [1.165, 1.54) is 0 Å². The quantitative estimate of drug-likeness (QED) is 0.575. The summed E-state index contributed by atoms with van der Waals surface area (Å²) in [5, 5.41) is 5.56. The number of carbonyl (C=O) groups excluding carboxylic acids is 2. The summed E-state index contributed by atoms with van der Waals surface area (Å²) in [5.74, 6) is -0.662. The first-order valence-electron chi connectivity index (χ1n) is 9.42. The van der Waals surface area contributed by atoms with Crippen LogP contribution in [0.5, 0.6) is 0 Å². The topological polar surface area (TPSA) is 67.4 Å². The molecule has 2 amide bonds. The lowest BCUT2D eigenvalue weighted by Gasteiger charge is -2.13. The first-order chi connectivity index (χ1) is 13.7. The second-order valence-electron chi connectivity index (χ2n) is 6.52. The molecule has 1 aliphatic heterocycles. The number of benzene rings is 2. The van der Waals surface area contributed by atoms with Gasteiger partial charge in [-0.3, -0.25) is 9.59 Å². The SMILES string of the molecule is O=C(NC[C@H]1CCCO1)/C(=C/C=C/c1ccccc1)NC(=O)c1ccccc1. The third-order valence-corrected chi connectivity index (χ3v) is 4.39. The van der Waals surface area contributed by atoms with Crippen molar-refractivity contribution in [1.29, 1.82) is 0 Å². The Morgan fingerprint density at radius 3 is 2.43 bits per heavy atom. The van der Waals surface area contributed by atoms with E-state index in [0.29, 0.717) is 12.1 Å². The van der Waals surface area contributed by atoms with Crippen molar-refractivity contribution in [1.82, 2.24) is 10.6 Å². The second kappa shape index (κ2) is 10.2. The molecule has 0 unspecified atom stereocenters. The van der Waals surface area contributed by atoms with Gasteiger partial charge < -0.3 is 15.4 Å². The number of carbonyl (C=O) groups is 2. The van der Waals surface area contributed by atoms with E-state index >= 15 is 0 Å². The zero-order valence-electron chi connectivity index (χ0n) is 15.6. The number of nitrogens with one attached hydrogen (secondary N) is 2. The zero-order chi connectivity index (χ0) is 19.6. The molecule has 1 aliphatic rings. The van der Waals surface area contributed by atoms with Gasteiger partial charge >= 0.3 is 0 Å². The third kappa shape index (κ3) is 5.93. The molecule has 1 heterocycles. The monoisotopic (exact) mass is 376 g/mol. The van der Waals surface area contributed by atoms with E-state index in [4.69, 9.17) is 4.74 Å². The van der Waals surface area contributed by atoms with E-state index in [0.717, 1.165) is 25.0 Å². The Hall–Kier alpha value is -3.18. The van der Waals surface area contributed by atoms with Gasteiger partial charge in [-0.25, -0.2) is 0 Å². The highest BCUT2D eigenvalue weighted by atomic mass is 16.5. The largest absolute Gasteiger partial charge is 0.376 e. The molecule has 2 aromatic carbocycles. The summed E-state index contributed by atoms with van der Waals surface area (Å²) in [7, 11) is 0. The standard InChI is InChI=1S/C23H24N2O3/c26-22(19-12-5-2-6-13-19)25-21(15-7-11-18-9-3-1-4-10-18)23(27)24-17-20-14-8-16-28-20/h1-7,9-13,15,20H,8,14,16-17H2,(H,24,27)(H,25,26)/b11-7+,21-15-/t20-/m1/s1. The van der Waals surface area contributed by atoms with Gasteiger partial charge in [0.05, 0.1) is 6.10 Å². The van der Waals surface area contributed by atoms with Crippen LogP contribution in [0.3, 0.4) is 0 Å². The summed E-state index contributed by atoms with van der Waals surface area (Å²) in [6.45, 7) is 1.16. The maximum absolute atomic E-state index is 12.6. The Morgan fingerprint density at radius 2 is 1.75 bits per heavy atom. The molecule has 144 valence electrons. The van der Waals surface area contributed by atoms with Crippen LogP contribution in [0.15, 0.2) is 78.5 Å². The fourth-order valence-corrected chi connectivity index (χ4v) is 2.88. The molecule has 0 spiro atoms. The van der Waals surface area contributed by atoms with Gasteiger partial charge in [-0.05, 0) is 36.6 Å². The Bertz CT molecular complexity index is 839. The van der Waals surface area contributed by atoms with Gasteiger partial charge in [0.15, 0.2) is 0 Å². The molecule has 0 aliphatic carbocycles. The maximum atomic E-state index is 12.6. The van der Waals surface area contributed by atoms with E-state index in [9.17, 15) is 9.59 Å². The van der Waals surface area contributed by atoms with Crippen LogP contribution in [0.4, 0.5) is 0 Å². The van der Waals surface area contributed by atoms with Crippen molar-refractivity contribution in [3.8, 4) is 0 Å². The molecule has 28 heavy (non-hydrogen) atoms. The lowest BCUT2D eigenvalue weighted by Crippen LogP contribution is -2.38. The molecule has 0 bridgehead atoms. The van der Waals surface area contributed by atoms with E-state index < -0.39 is 0 Å². The Labute approximate surface area is 165 Å². The van der Waals surface area contributed by atoms with Crippen LogP contribution in [0, 0.1) is 0 Å². The Balaban J connectivity index is 1.70. The van der Waals surface area contributed by atoms with Crippen molar-refractivity contribution in [2.75, 3.05) is 13.2 Å². The van der Waals surface area contributed by atoms with E-state index in [2.05, 4.69) is 10.6 Å². The van der Waals surface area contributed by atoms with E-state index in [-0.39, 0.29) is 23.6 Å². The Morgan fingerprint density at radius 1 is 1.04 bits per heavy atom. The molecular weight excluding hydrogens is 352 g/mol. The van der Waals surface area contributed by atoms with Gasteiger partial charge in [0.25, 0.3) is 11.8 Å². The predicted octanol–water partition coefficient (Wildman–Crippen LogP) is 3.31. The summed E-state index contributed by atoms with van der Waals surface area (Å²) >= 11 is 0. The summed E-state index contributed by atoms with van der Waals surface area (Å²) in [6, 6.07) is 18.6. The number of amides is 2. The van der Waals surface area contributed by atoms with Crippen molar-refractivity contribution >= 4 is 17.9 Å². The number of hydrogen-bond donors (Lipinski definition) is 2. The summed E-state index contributed by atoms with van der Waals surface area (Å²) in [4.78, 5) is 25.1. The van der Waals surface area contributed by atoms with Crippen molar-refractivity contribution in [2.24, 2.45) is 0 Å². The average Bonchev–Trinajstić information content (AvgIpc) is 3.26. The van der Waals surface area contributed by atoms with Gasteiger partial charge in [-0.1, -0.05) is 60.7 Å². The van der Waals surface area contributed by atoms with Crippen molar-refractivity contribution < 1.29 is 14.3 Å². The van der Waals surface area contributed by atoms with Gasteiger partial charge in [0.2, 0.25) is 0 Å². The number of rotatable bonds is 7. The van der Waals surface area contributed by atoms with Crippen LogP contribution in [0.2, 0.25) is 0 Å². The fraction of sp³-hybridized carbons (Fsp3) is 0.217. The molecule has 5 nitrogen and oxygen atoms in total. The highest BCUT2D eigenvalue weighted by molar-refractivity contribution is 6.03. The molecule has 1 fully saturated rings. The molecule has 3 rings (SSSR count). The zero-order valence-corrected chi connectivity index (χ0v) is 15.6. The summed E-state index contributed by atoms with van der Waals surface area (Å²) < 4.78 is 5.54. The first kappa shape index (κ1) is 19.6. The fourth-order valence-electron chi connectivity index (χ4n) is 2.88. The van der Waals surface area contributed by atoms with Crippen molar-refractivity contribution in [3.05, 3.63) is 89.6 Å².